The van der Waals surface area contributed by atoms with Gasteiger partial charge in [0.05, 0.1) is 24.0 Å². The molecule has 0 radical (unpaired) electrons. The van der Waals surface area contributed by atoms with E-state index >= 15 is 0 Å². The number of nitrogens with zero attached hydrogens (tertiary/aromatic N) is 6. The fourth-order valence-corrected chi connectivity index (χ4v) is 3.05. The topological polar surface area (TPSA) is 74.0 Å². The molecule has 3 amide bonds. The molecule has 0 aliphatic carbocycles. The standard InChI is InChI=1S/C17H17FN6O2/c1-21(2)14(25)10-23-16-13(15-19-7-8-22(15)17(23)26)9-20-24(16)12-5-3-11(18)4-6-12/h3-6,9H,7-8,10H2,1-2H3. The smallest absolute Gasteiger partial charge is 0.331 e. The number of hydrogen-bond donors (Lipinski definition) is 0. The second-order valence-corrected chi connectivity index (χ2v) is 6.28. The maximum Gasteiger partial charge on any atom is 0.331 e. The van der Waals surface area contributed by atoms with Crippen molar-refractivity contribution in [2.24, 2.45) is 4.99 Å². The minimum Gasteiger partial charge on any atom is -0.347 e. The molecule has 0 N–H and O–H groups in total. The van der Waals surface area contributed by atoms with Crippen molar-refractivity contribution in [2.75, 3.05) is 38.6 Å². The summed E-state index contributed by atoms with van der Waals surface area (Å²) in [5.41, 5.74) is 1.27. The monoisotopic (exact) mass is 356 g/mol. The summed E-state index contributed by atoms with van der Waals surface area (Å²) in [5.74, 6) is 0.452. The van der Waals surface area contributed by atoms with Crippen molar-refractivity contribution in [3.8, 4) is 5.69 Å². The third kappa shape index (κ3) is 2.43. The maximum absolute atomic E-state index is 13.3. The highest BCUT2D eigenvalue weighted by Gasteiger charge is 2.41. The summed E-state index contributed by atoms with van der Waals surface area (Å²) in [6, 6.07) is 5.47. The van der Waals surface area contributed by atoms with Crippen LogP contribution in [-0.2, 0) is 4.79 Å². The summed E-state index contributed by atoms with van der Waals surface area (Å²) in [6.07, 6.45) is 1.62. The van der Waals surface area contributed by atoms with Gasteiger partial charge in [0, 0.05) is 20.6 Å². The highest BCUT2D eigenvalue weighted by atomic mass is 19.1. The average Bonchev–Trinajstić information content (AvgIpc) is 3.25. The molecular formula is C17H17FN6O2. The van der Waals surface area contributed by atoms with E-state index in [0.29, 0.717) is 36.0 Å². The van der Waals surface area contributed by atoms with E-state index in [0.717, 1.165) is 0 Å². The van der Waals surface area contributed by atoms with E-state index in [2.05, 4.69) is 10.1 Å². The molecule has 0 saturated heterocycles. The number of aliphatic imine (C=N–C) groups is 1. The lowest BCUT2D eigenvalue weighted by Crippen LogP contribution is -2.53. The van der Waals surface area contributed by atoms with Gasteiger partial charge in [0.2, 0.25) is 5.91 Å². The zero-order chi connectivity index (χ0) is 18.4. The highest BCUT2D eigenvalue weighted by molar-refractivity contribution is 6.20. The minimum atomic E-state index is -0.364. The Labute approximate surface area is 149 Å². The molecule has 2 aliphatic heterocycles. The van der Waals surface area contributed by atoms with Gasteiger partial charge in [-0.2, -0.15) is 5.10 Å². The number of anilines is 1. The van der Waals surface area contributed by atoms with Gasteiger partial charge in [-0.05, 0) is 24.3 Å². The normalized spacial score (nSPS) is 15.7. The predicted octanol–water partition coefficient (Wildman–Crippen LogP) is 1.10. The zero-order valence-corrected chi connectivity index (χ0v) is 14.4. The van der Waals surface area contributed by atoms with Crippen LogP contribution in [0.2, 0.25) is 0 Å². The molecule has 0 fully saturated rings. The number of urea groups is 1. The number of fused-ring (bicyclic) bond motifs is 3. The second kappa shape index (κ2) is 5.94. The fourth-order valence-electron chi connectivity index (χ4n) is 3.05. The molecule has 4 rings (SSSR count). The molecule has 0 spiro atoms. The molecule has 134 valence electrons. The number of amides is 3. The first-order chi connectivity index (χ1) is 12.5. The van der Waals surface area contributed by atoms with Crippen LogP contribution in [-0.4, -0.2) is 71.1 Å². The number of benzene rings is 1. The molecule has 2 aromatic rings. The first kappa shape index (κ1) is 16.2. The van der Waals surface area contributed by atoms with Gasteiger partial charge in [-0.1, -0.05) is 0 Å². The predicted molar refractivity (Wildman–Crippen MR) is 93.1 cm³/mol. The summed E-state index contributed by atoms with van der Waals surface area (Å²) < 4.78 is 14.8. The van der Waals surface area contributed by atoms with Gasteiger partial charge < -0.3 is 4.90 Å². The Kier molecular flexibility index (Phi) is 3.71. The molecule has 0 saturated carbocycles. The zero-order valence-electron chi connectivity index (χ0n) is 14.4. The molecule has 26 heavy (non-hydrogen) atoms. The molecule has 1 aromatic heterocycles. The van der Waals surface area contributed by atoms with Crippen molar-refractivity contribution in [1.82, 2.24) is 19.6 Å². The summed E-state index contributed by atoms with van der Waals surface area (Å²) in [5, 5.41) is 4.36. The van der Waals surface area contributed by atoms with E-state index in [9.17, 15) is 14.0 Å². The Morgan fingerprint density at radius 1 is 1.27 bits per heavy atom. The summed E-state index contributed by atoms with van der Waals surface area (Å²) in [6.45, 7) is 0.870. The van der Waals surface area contributed by atoms with Gasteiger partial charge in [0.1, 0.15) is 18.2 Å². The number of halogens is 1. The molecule has 0 bridgehead atoms. The van der Waals surface area contributed by atoms with E-state index in [1.807, 2.05) is 0 Å². The number of aromatic nitrogens is 2. The summed E-state index contributed by atoms with van der Waals surface area (Å²) >= 11 is 0. The number of carbonyl (C=O) groups is 2. The lowest BCUT2D eigenvalue weighted by atomic mass is 10.2. The molecule has 2 aliphatic rings. The third-order valence-corrected chi connectivity index (χ3v) is 4.41. The van der Waals surface area contributed by atoms with Crippen molar-refractivity contribution < 1.29 is 14.0 Å². The van der Waals surface area contributed by atoms with Gasteiger partial charge >= 0.3 is 6.03 Å². The second-order valence-electron chi connectivity index (χ2n) is 6.28. The average molecular weight is 356 g/mol. The van der Waals surface area contributed by atoms with E-state index in [1.54, 1.807) is 37.3 Å². The highest BCUT2D eigenvalue weighted by Crippen LogP contribution is 2.32. The Morgan fingerprint density at radius 2 is 2.00 bits per heavy atom. The Morgan fingerprint density at radius 3 is 2.69 bits per heavy atom. The van der Waals surface area contributed by atoms with Crippen molar-refractivity contribution in [3.05, 3.63) is 41.8 Å². The first-order valence-corrected chi connectivity index (χ1v) is 8.15. The third-order valence-electron chi connectivity index (χ3n) is 4.41. The number of rotatable bonds is 3. The van der Waals surface area contributed by atoms with Crippen LogP contribution < -0.4 is 4.90 Å². The largest absolute Gasteiger partial charge is 0.347 e. The number of likely N-dealkylation sites (N-methyl/N-ethyl adjacent to an activating group) is 1. The van der Waals surface area contributed by atoms with Crippen LogP contribution in [0.3, 0.4) is 0 Å². The van der Waals surface area contributed by atoms with E-state index in [1.165, 1.54) is 26.6 Å². The van der Waals surface area contributed by atoms with Gasteiger partial charge in [-0.25, -0.2) is 13.9 Å². The SMILES string of the molecule is CN(C)C(=O)CN1C(=O)N2CCN=C2c2cnn(-c3ccc(F)cc3)c21. The molecule has 1 aromatic carbocycles. The molecular weight excluding hydrogens is 339 g/mol. The lowest BCUT2D eigenvalue weighted by molar-refractivity contribution is -0.127. The van der Waals surface area contributed by atoms with Crippen molar-refractivity contribution in [1.29, 1.82) is 0 Å². The fraction of sp³-hybridized carbons (Fsp3) is 0.294. The van der Waals surface area contributed by atoms with Gasteiger partial charge in [-0.3, -0.25) is 19.6 Å². The lowest BCUT2D eigenvalue weighted by Gasteiger charge is -2.34. The van der Waals surface area contributed by atoms with Crippen LogP contribution in [0, 0.1) is 5.82 Å². The minimum absolute atomic E-state index is 0.116. The van der Waals surface area contributed by atoms with Crippen molar-refractivity contribution in [2.45, 2.75) is 0 Å². The van der Waals surface area contributed by atoms with Crippen molar-refractivity contribution in [3.63, 3.8) is 0 Å². The van der Waals surface area contributed by atoms with E-state index in [4.69, 9.17) is 0 Å². The Balaban J connectivity index is 1.85. The summed E-state index contributed by atoms with van der Waals surface area (Å²) in [4.78, 5) is 34.0. The van der Waals surface area contributed by atoms with Crippen LogP contribution in [0.5, 0.6) is 0 Å². The maximum atomic E-state index is 13.3. The molecule has 0 unspecified atom stereocenters. The first-order valence-electron chi connectivity index (χ1n) is 8.15. The summed E-state index contributed by atoms with van der Waals surface area (Å²) in [7, 11) is 3.27. The van der Waals surface area contributed by atoms with E-state index in [-0.39, 0.29) is 24.3 Å². The van der Waals surface area contributed by atoms with Crippen molar-refractivity contribution >= 4 is 23.6 Å². The van der Waals surface area contributed by atoms with Crippen LogP contribution in [0.15, 0.2) is 35.5 Å². The quantitative estimate of drug-likeness (QED) is 0.827. The van der Waals surface area contributed by atoms with Gasteiger partial charge in [0.25, 0.3) is 0 Å². The van der Waals surface area contributed by atoms with Crippen LogP contribution >= 0.6 is 0 Å². The van der Waals surface area contributed by atoms with E-state index < -0.39 is 0 Å². The molecule has 0 atom stereocenters. The van der Waals surface area contributed by atoms with Crippen LogP contribution in [0.4, 0.5) is 15.0 Å². The molecule has 3 heterocycles. The molecule has 8 nitrogen and oxygen atoms in total. The Hall–Kier alpha value is -3.23. The van der Waals surface area contributed by atoms with Crippen LogP contribution in [0.1, 0.15) is 5.56 Å². The van der Waals surface area contributed by atoms with Gasteiger partial charge in [-0.15, -0.1) is 0 Å². The number of amidine groups is 1. The number of carbonyl (C=O) groups excluding carboxylic acids is 2. The number of hydrogen-bond acceptors (Lipinski definition) is 4. The molecule has 9 heteroatoms. The van der Waals surface area contributed by atoms with Gasteiger partial charge in [0.15, 0.2) is 5.82 Å². The Bertz CT molecular complexity index is 918. The van der Waals surface area contributed by atoms with Crippen LogP contribution in [0.25, 0.3) is 5.69 Å².